The molecule has 29 heavy (non-hydrogen) atoms. The number of hydrogen-bond acceptors (Lipinski definition) is 4. The molecule has 0 saturated heterocycles. The van der Waals surface area contributed by atoms with E-state index in [1.807, 2.05) is 66.7 Å². The van der Waals surface area contributed by atoms with Crippen molar-refractivity contribution >= 4 is 23.2 Å². The van der Waals surface area contributed by atoms with Gasteiger partial charge in [-0.15, -0.1) is 0 Å². The number of halogens is 1. The number of benzene rings is 3. The third-order valence-electron chi connectivity index (χ3n) is 4.52. The van der Waals surface area contributed by atoms with Gasteiger partial charge in [0.05, 0.1) is 18.8 Å². The number of carbonyl (C=O) groups is 1. The van der Waals surface area contributed by atoms with Gasteiger partial charge in [0, 0.05) is 11.6 Å². The molecule has 0 heterocycles. The highest BCUT2D eigenvalue weighted by Gasteiger charge is 2.28. The van der Waals surface area contributed by atoms with Crippen LogP contribution in [0.3, 0.4) is 0 Å². The standard InChI is InChI=1S/C23H23ClN2O3/c1-29-20-13-6-5-12-19(20)26-21(17-9-3-2-4-10-17)22(27)23(28)25-15-16-8-7-11-18(24)14-16/h2-14,21-22,26-27H,15H2,1H3,(H,25,28). The molecule has 0 spiro atoms. The quantitative estimate of drug-likeness (QED) is 0.521. The molecule has 0 aromatic heterocycles. The van der Waals surface area contributed by atoms with Crippen molar-refractivity contribution in [2.75, 3.05) is 12.4 Å². The molecule has 2 atom stereocenters. The molecule has 0 fully saturated rings. The van der Waals surface area contributed by atoms with Crippen LogP contribution in [0, 0.1) is 0 Å². The van der Waals surface area contributed by atoms with Gasteiger partial charge in [0.1, 0.15) is 5.75 Å². The van der Waals surface area contributed by atoms with Crippen LogP contribution < -0.4 is 15.4 Å². The summed E-state index contributed by atoms with van der Waals surface area (Å²) in [6.45, 7) is 0.270. The second kappa shape index (κ2) is 9.96. The fourth-order valence-electron chi connectivity index (χ4n) is 3.03. The Labute approximate surface area is 175 Å². The first-order chi connectivity index (χ1) is 14.1. The van der Waals surface area contributed by atoms with Gasteiger partial charge in [-0.05, 0) is 35.4 Å². The number of ether oxygens (including phenoxy) is 1. The lowest BCUT2D eigenvalue weighted by Crippen LogP contribution is -2.40. The molecule has 0 saturated carbocycles. The number of anilines is 1. The zero-order chi connectivity index (χ0) is 20.6. The fraction of sp³-hybridized carbons (Fsp3) is 0.174. The SMILES string of the molecule is COc1ccccc1NC(c1ccccc1)C(O)C(=O)NCc1cccc(Cl)c1. The van der Waals surface area contributed by atoms with Crippen molar-refractivity contribution in [3.05, 3.63) is 95.0 Å². The Bertz CT molecular complexity index is 950. The maximum absolute atomic E-state index is 12.7. The Morgan fingerprint density at radius 3 is 2.48 bits per heavy atom. The lowest BCUT2D eigenvalue weighted by molar-refractivity contribution is -0.130. The molecule has 3 aromatic carbocycles. The zero-order valence-corrected chi connectivity index (χ0v) is 16.8. The summed E-state index contributed by atoms with van der Waals surface area (Å²) < 4.78 is 5.38. The molecule has 0 bridgehead atoms. The van der Waals surface area contributed by atoms with E-state index in [0.29, 0.717) is 16.5 Å². The fourth-order valence-corrected chi connectivity index (χ4v) is 3.24. The van der Waals surface area contributed by atoms with Crippen LogP contribution in [0.1, 0.15) is 17.2 Å². The minimum Gasteiger partial charge on any atom is -0.495 e. The van der Waals surface area contributed by atoms with E-state index in [-0.39, 0.29) is 6.54 Å². The summed E-state index contributed by atoms with van der Waals surface area (Å²) in [7, 11) is 1.58. The molecule has 3 N–H and O–H groups in total. The number of aliphatic hydroxyl groups is 1. The van der Waals surface area contributed by atoms with Crippen molar-refractivity contribution in [1.82, 2.24) is 5.32 Å². The largest absolute Gasteiger partial charge is 0.495 e. The minimum atomic E-state index is -1.32. The second-order valence-electron chi connectivity index (χ2n) is 6.53. The Hall–Kier alpha value is -3.02. The Balaban J connectivity index is 1.78. The number of rotatable bonds is 8. The average molecular weight is 411 g/mol. The van der Waals surface area contributed by atoms with Crippen LogP contribution in [0.15, 0.2) is 78.9 Å². The lowest BCUT2D eigenvalue weighted by atomic mass is 10.00. The molecule has 0 aliphatic rings. The number of methoxy groups -OCH3 is 1. The smallest absolute Gasteiger partial charge is 0.251 e. The maximum Gasteiger partial charge on any atom is 0.251 e. The van der Waals surface area contributed by atoms with E-state index >= 15 is 0 Å². The van der Waals surface area contributed by atoms with E-state index < -0.39 is 18.1 Å². The third-order valence-corrected chi connectivity index (χ3v) is 4.75. The summed E-state index contributed by atoms with van der Waals surface area (Å²) in [5, 5.41) is 17.5. The molecular formula is C23H23ClN2O3. The van der Waals surface area contributed by atoms with Crippen LogP contribution in [0.5, 0.6) is 5.75 Å². The molecule has 3 aromatic rings. The van der Waals surface area contributed by atoms with Gasteiger partial charge < -0.3 is 20.5 Å². The van der Waals surface area contributed by atoms with Crippen LogP contribution in [0.2, 0.25) is 5.02 Å². The van der Waals surface area contributed by atoms with Gasteiger partial charge >= 0.3 is 0 Å². The third kappa shape index (κ3) is 5.50. The predicted octanol–water partition coefficient (Wildman–Crippen LogP) is 4.18. The number of nitrogens with one attached hydrogen (secondary N) is 2. The lowest BCUT2D eigenvalue weighted by Gasteiger charge is -2.26. The molecule has 5 nitrogen and oxygen atoms in total. The van der Waals surface area contributed by atoms with Crippen molar-refractivity contribution in [1.29, 1.82) is 0 Å². The molecule has 2 unspecified atom stereocenters. The molecular weight excluding hydrogens is 388 g/mol. The zero-order valence-electron chi connectivity index (χ0n) is 16.0. The summed E-state index contributed by atoms with van der Waals surface area (Å²) in [5.41, 5.74) is 2.32. The van der Waals surface area contributed by atoms with Crippen molar-refractivity contribution < 1.29 is 14.6 Å². The van der Waals surface area contributed by atoms with Gasteiger partial charge in [-0.25, -0.2) is 0 Å². The predicted molar refractivity (Wildman–Crippen MR) is 115 cm³/mol. The Kier molecular flexibility index (Phi) is 7.11. The van der Waals surface area contributed by atoms with Gasteiger partial charge in [0.15, 0.2) is 6.10 Å². The van der Waals surface area contributed by atoms with Crippen molar-refractivity contribution in [3.63, 3.8) is 0 Å². The number of carbonyl (C=O) groups excluding carboxylic acids is 1. The maximum atomic E-state index is 12.7. The second-order valence-corrected chi connectivity index (χ2v) is 6.96. The summed E-state index contributed by atoms with van der Waals surface area (Å²) in [6, 6.07) is 23.3. The van der Waals surface area contributed by atoms with Crippen LogP contribution in [0.4, 0.5) is 5.69 Å². The van der Waals surface area contributed by atoms with E-state index in [2.05, 4.69) is 10.6 Å². The summed E-state index contributed by atoms with van der Waals surface area (Å²) in [4.78, 5) is 12.7. The Morgan fingerprint density at radius 1 is 1.03 bits per heavy atom. The van der Waals surface area contributed by atoms with Gasteiger partial charge in [0.25, 0.3) is 5.91 Å². The van der Waals surface area contributed by atoms with E-state index in [4.69, 9.17) is 16.3 Å². The molecule has 0 aliphatic carbocycles. The van der Waals surface area contributed by atoms with Crippen LogP contribution >= 0.6 is 11.6 Å². The van der Waals surface area contributed by atoms with E-state index in [9.17, 15) is 9.90 Å². The van der Waals surface area contributed by atoms with Crippen molar-refractivity contribution in [2.45, 2.75) is 18.7 Å². The summed E-state index contributed by atoms with van der Waals surface area (Å²) in [6.07, 6.45) is -1.32. The van der Waals surface area contributed by atoms with Crippen LogP contribution in [0.25, 0.3) is 0 Å². The first-order valence-electron chi connectivity index (χ1n) is 9.23. The number of amides is 1. The molecule has 3 rings (SSSR count). The van der Waals surface area contributed by atoms with Crippen molar-refractivity contribution in [2.24, 2.45) is 0 Å². The first kappa shape index (κ1) is 20.7. The summed E-state index contributed by atoms with van der Waals surface area (Å²) >= 11 is 5.99. The monoisotopic (exact) mass is 410 g/mol. The van der Waals surface area contributed by atoms with Gasteiger partial charge in [0.2, 0.25) is 0 Å². The normalized spacial score (nSPS) is 12.7. The van der Waals surface area contributed by atoms with Crippen LogP contribution in [-0.4, -0.2) is 24.2 Å². The molecule has 1 amide bonds. The highest BCUT2D eigenvalue weighted by atomic mass is 35.5. The van der Waals surface area contributed by atoms with E-state index in [1.165, 1.54) is 0 Å². The molecule has 0 aliphatic heterocycles. The van der Waals surface area contributed by atoms with Gasteiger partial charge in [-0.3, -0.25) is 4.79 Å². The topological polar surface area (TPSA) is 70.6 Å². The first-order valence-corrected chi connectivity index (χ1v) is 9.61. The van der Waals surface area contributed by atoms with Crippen LogP contribution in [-0.2, 0) is 11.3 Å². The van der Waals surface area contributed by atoms with Crippen molar-refractivity contribution in [3.8, 4) is 5.75 Å². The minimum absolute atomic E-state index is 0.270. The highest BCUT2D eigenvalue weighted by Crippen LogP contribution is 2.29. The highest BCUT2D eigenvalue weighted by molar-refractivity contribution is 6.30. The van der Waals surface area contributed by atoms with E-state index in [1.54, 1.807) is 19.2 Å². The van der Waals surface area contributed by atoms with Gasteiger partial charge in [-0.2, -0.15) is 0 Å². The molecule has 6 heteroatoms. The van der Waals surface area contributed by atoms with Gasteiger partial charge in [-0.1, -0.05) is 66.2 Å². The van der Waals surface area contributed by atoms with E-state index in [0.717, 1.165) is 11.1 Å². The average Bonchev–Trinajstić information content (AvgIpc) is 2.76. The number of hydrogen-bond donors (Lipinski definition) is 3. The number of para-hydroxylation sites is 2. The molecule has 0 radical (unpaired) electrons. The summed E-state index contributed by atoms with van der Waals surface area (Å²) in [5.74, 6) is 0.140. The number of aliphatic hydroxyl groups excluding tert-OH is 1. The molecule has 150 valence electrons. The Morgan fingerprint density at radius 2 is 1.76 bits per heavy atom.